The van der Waals surface area contributed by atoms with Crippen molar-refractivity contribution in [3.63, 3.8) is 0 Å². The van der Waals surface area contributed by atoms with Gasteiger partial charge in [-0.1, -0.05) is 23.7 Å². The summed E-state index contributed by atoms with van der Waals surface area (Å²) in [5.41, 5.74) is 3.30. The van der Waals surface area contributed by atoms with Gasteiger partial charge < -0.3 is 15.4 Å². The summed E-state index contributed by atoms with van der Waals surface area (Å²) in [5, 5.41) is 7.35. The number of aromatic nitrogens is 2. The summed E-state index contributed by atoms with van der Waals surface area (Å²) in [6, 6.07) is 8.65. The zero-order valence-electron chi connectivity index (χ0n) is 15.6. The SMILES string of the molecule is Clc1cnc(Nc2ccc(C3CCNCC3)cc2)nc1CC[C@@H]1CCCO1. The van der Waals surface area contributed by atoms with Crippen molar-refractivity contribution in [2.75, 3.05) is 25.0 Å². The fourth-order valence-corrected chi connectivity index (χ4v) is 4.12. The van der Waals surface area contributed by atoms with Gasteiger partial charge in [0.25, 0.3) is 0 Å². The van der Waals surface area contributed by atoms with Crippen molar-refractivity contribution in [2.24, 2.45) is 0 Å². The van der Waals surface area contributed by atoms with Crippen LogP contribution in [0.3, 0.4) is 0 Å². The first-order valence-electron chi connectivity index (χ1n) is 9.98. The fourth-order valence-electron chi connectivity index (χ4n) is 3.93. The van der Waals surface area contributed by atoms with Crippen LogP contribution < -0.4 is 10.6 Å². The lowest BCUT2D eigenvalue weighted by atomic mass is 9.90. The Hall–Kier alpha value is -1.69. The second-order valence-electron chi connectivity index (χ2n) is 7.43. The van der Waals surface area contributed by atoms with Crippen LogP contribution in [0.15, 0.2) is 30.5 Å². The number of nitrogens with zero attached hydrogens (tertiary/aromatic N) is 2. The Morgan fingerprint density at radius 1 is 1.15 bits per heavy atom. The van der Waals surface area contributed by atoms with E-state index in [2.05, 4.69) is 44.9 Å². The molecular weight excluding hydrogens is 360 g/mol. The predicted octanol–water partition coefficient (Wildman–Crippen LogP) is 4.45. The Morgan fingerprint density at radius 2 is 1.96 bits per heavy atom. The lowest BCUT2D eigenvalue weighted by Crippen LogP contribution is -2.26. The van der Waals surface area contributed by atoms with E-state index in [1.807, 2.05) is 0 Å². The number of piperidine rings is 1. The molecule has 4 rings (SSSR count). The molecule has 1 aromatic carbocycles. The molecule has 0 spiro atoms. The van der Waals surface area contributed by atoms with Gasteiger partial charge in [-0.15, -0.1) is 0 Å². The number of ether oxygens (including phenoxy) is 1. The quantitative estimate of drug-likeness (QED) is 0.767. The molecule has 2 saturated heterocycles. The Kier molecular flexibility index (Phi) is 6.22. The van der Waals surface area contributed by atoms with Gasteiger partial charge in [-0.05, 0) is 75.2 Å². The van der Waals surface area contributed by atoms with Gasteiger partial charge >= 0.3 is 0 Å². The molecule has 1 aromatic heterocycles. The maximum Gasteiger partial charge on any atom is 0.227 e. The number of halogens is 1. The molecule has 0 radical (unpaired) electrons. The lowest BCUT2D eigenvalue weighted by molar-refractivity contribution is 0.104. The van der Waals surface area contributed by atoms with Crippen molar-refractivity contribution in [1.29, 1.82) is 0 Å². The minimum atomic E-state index is 0.343. The maximum atomic E-state index is 6.29. The molecule has 0 bridgehead atoms. The van der Waals surface area contributed by atoms with Gasteiger partial charge in [0.05, 0.1) is 23.0 Å². The van der Waals surface area contributed by atoms with E-state index in [1.165, 1.54) is 18.4 Å². The van der Waals surface area contributed by atoms with Crippen molar-refractivity contribution in [2.45, 2.75) is 50.5 Å². The predicted molar refractivity (Wildman–Crippen MR) is 109 cm³/mol. The summed E-state index contributed by atoms with van der Waals surface area (Å²) >= 11 is 6.29. The molecule has 3 heterocycles. The van der Waals surface area contributed by atoms with Gasteiger partial charge in [0, 0.05) is 12.3 Å². The van der Waals surface area contributed by atoms with Gasteiger partial charge in [0.1, 0.15) is 0 Å². The van der Waals surface area contributed by atoms with Crippen molar-refractivity contribution in [1.82, 2.24) is 15.3 Å². The summed E-state index contributed by atoms with van der Waals surface area (Å²) in [6.45, 7) is 3.10. The van der Waals surface area contributed by atoms with Crippen LogP contribution in [0, 0.1) is 0 Å². The molecule has 2 N–H and O–H groups in total. The first-order chi connectivity index (χ1) is 13.3. The van der Waals surface area contributed by atoms with E-state index in [-0.39, 0.29) is 0 Å². The first-order valence-corrected chi connectivity index (χ1v) is 10.4. The normalized spacial score (nSPS) is 20.7. The summed E-state index contributed by atoms with van der Waals surface area (Å²) in [7, 11) is 0. The molecule has 0 aliphatic carbocycles. The second-order valence-corrected chi connectivity index (χ2v) is 7.84. The van der Waals surface area contributed by atoms with Crippen molar-refractivity contribution < 1.29 is 4.74 Å². The molecule has 144 valence electrons. The molecule has 6 heteroatoms. The van der Waals surface area contributed by atoms with Crippen LogP contribution in [0.4, 0.5) is 11.6 Å². The van der Waals surface area contributed by atoms with Crippen LogP contribution in [0.5, 0.6) is 0 Å². The van der Waals surface area contributed by atoms with E-state index < -0.39 is 0 Å². The minimum Gasteiger partial charge on any atom is -0.378 e. The van der Waals surface area contributed by atoms with Crippen molar-refractivity contribution >= 4 is 23.2 Å². The number of benzene rings is 1. The molecule has 2 fully saturated rings. The highest BCUT2D eigenvalue weighted by atomic mass is 35.5. The molecule has 0 unspecified atom stereocenters. The smallest absolute Gasteiger partial charge is 0.227 e. The summed E-state index contributed by atoms with van der Waals surface area (Å²) in [5.74, 6) is 1.26. The summed E-state index contributed by atoms with van der Waals surface area (Å²) in [6.07, 6.45) is 8.51. The number of anilines is 2. The van der Waals surface area contributed by atoms with Crippen molar-refractivity contribution in [3.8, 4) is 0 Å². The third-order valence-corrected chi connectivity index (χ3v) is 5.84. The topological polar surface area (TPSA) is 59.1 Å². The highest BCUT2D eigenvalue weighted by Crippen LogP contribution is 2.27. The van der Waals surface area contributed by atoms with E-state index in [4.69, 9.17) is 16.3 Å². The zero-order chi connectivity index (χ0) is 18.5. The van der Waals surface area contributed by atoms with E-state index in [9.17, 15) is 0 Å². The Morgan fingerprint density at radius 3 is 2.70 bits per heavy atom. The number of hydrogen-bond donors (Lipinski definition) is 2. The molecule has 27 heavy (non-hydrogen) atoms. The minimum absolute atomic E-state index is 0.343. The zero-order valence-corrected chi connectivity index (χ0v) is 16.3. The van der Waals surface area contributed by atoms with E-state index >= 15 is 0 Å². The van der Waals surface area contributed by atoms with Crippen LogP contribution >= 0.6 is 11.6 Å². The average Bonchev–Trinajstić information content (AvgIpc) is 3.23. The monoisotopic (exact) mass is 386 g/mol. The number of aryl methyl sites for hydroxylation is 1. The molecule has 2 aliphatic rings. The van der Waals surface area contributed by atoms with Crippen LogP contribution in [0.1, 0.15) is 49.3 Å². The van der Waals surface area contributed by atoms with Crippen LogP contribution in [-0.2, 0) is 11.2 Å². The Bertz CT molecular complexity index is 740. The van der Waals surface area contributed by atoms with Gasteiger partial charge in [0.2, 0.25) is 5.95 Å². The van der Waals surface area contributed by atoms with Gasteiger partial charge in [-0.25, -0.2) is 9.97 Å². The number of nitrogens with one attached hydrogen (secondary N) is 2. The van der Waals surface area contributed by atoms with Gasteiger partial charge in [0.15, 0.2) is 0 Å². The molecule has 0 amide bonds. The standard InChI is InChI=1S/C21H27ClN4O/c22-19-14-24-21(26-20(19)8-7-18-2-1-13-27-18)25-17-5-3-15(4-6-17)16-9-11-23-12-10-16/h3-6,14,16,18,23H,1-2,7-13H2,(H,24,25,26)/t18-/m0/s1. The van der Waals surface area contributed by atoms with Crippen LogP contribution in [-0.4, -0.2) is 35.8 Å². The second kappa shape index (κ2) is 9.00. The lowest BCUT2D eigenvalue weighted by Gasteiger charge is -2.23. The van der Waals surface area contributed by atoms with Crippen molar-refractivity contribution in [3.05, 3.63) is 46.7 Å². The summed E-state index contributed by atoms with van der Waals surface area (Å²) in [4.78, 5) is 8.96. The molecular formula is C21H27ClN4O. The third-order valence-electron chi connectivity index (χ3n) is 5.52. The molecule has 0 saturated carbocycles. The largest absolute Gasteiger partial charge is 0.378 e. The number of rotatable bonds is 6. The summed E-state index contributed by atoms with van der Waals surface area (Å²) < 4.78 is 5.70. The molecule has 5 nitrogen and oxygen atoms in total. The van der Waals surface area contributed by atoms with Crippen LogP contribution in [0.2, 0.25) is 5.02 Å². The van der Waals surface area contributed by atoms with Crippen LogP contribution in [0.25, 0.3) is 0 Å². The molecule has 1 atom stereocenters. The highest BCUT2D eigenvalue weighted by molar-refractivity contribution is 6.31. The number of hydrogen-bond acceptors (Lipinski definition) is 5. The van der Waals surface area contributed by atoms with E-state index in [0.717, 1.165) is 56.8 Å². The highest BCUT2D eigenvalue weighted by Gasteiger charge is 2.17. The average molecular weight is 387 g/mol. The molecule has 2 aliphatic heterocycles. The van der Waals surface area contributed by atoms with Gasteiger partial charge in [-0.3, -0.25) is 0 Å². The Labute approximate surface area is 165 Å². The first kappa shape index (κ1) is 18.7. The Balaban J connectivity index is 1.38. The fraction of sp³-hybridized carbons (Fsp3) is 0.524. The maximum absolute atomic E-state index is 6.29. The van der Waals surface area contributed by atoms with E-state index in [1.54, 1.807) is 6.20 Å². The third kappa shape index (κ3) is 4.98. The van der Waals surface area contributed by atoms with E-state index in [0.29, 0.717) is 23.0 Å². The van der Waals surface area contributed by atoms with Gasteiger partial charge in [-0.2, -0.15) is 0 Å². The molecule has 2 aromatic rings.